The van der Waals surface area contributed by atoms with Crippen molar-refractivity contribution in [1.29, 1.82) is 0 Å². The maximum absolute atomic E-state index is 12.2. The molecule has 2 heterocycles. The SMILES string of the molecule is O=C(CCc1cn(Cc2ccc(Cl)cc2)c2ccccc12)Nc1cn[nH]c1. The molecule has 5 nitrogen and oxygen atoms in total. The minimum Gasteiger partial charge on any atom is -0.343 e. The van der Waals surface area contributed by atoms with Crippen LogP contribution in [0.3, 0.4) is 0 Å². The van der Waals surface area contributed by atoms with Gasteiger partial charge in [0, 0.05) is 41.3 Å². The molecule has 0 atom stereocenters. The number of aromatic nitrogens is 3. The molecule has 27 heavy (non-hydrogen) atoms. The molecule has 0 spiro atoms. The maximum atomic E-state index is 12.2. The minimum atomic E-state index is -0.0223. The molecule has 0 fully saturated rings. The molecule has 136 valence electrons. The second kappa shape index (κ2) is 7.68. The lowest BCUT2D eigenvalue weighted by atomic mass is 10.1. The lowest BCUT2D eigenvalue weighted by Gasteiger charge is -2.05. The van der Waals surface area contributed by atoms with Gasteiger partial charge in [-0.05, 0) is 35.7 Å². The topological polar surface area (TPSA) is 62.7 Å². The van der Waals surface area contributed by atoms with E-state index in [1.54, 1.807) is 12.4 Å². The maximum Gasteiger partial charge on any atom is 0.224 e. The summed E-state index contributed by atoms with van der Waals surface area (Å²) in [6.45, 7) is 0.763. The first-order valence-corrected chi connectivity index (χ1v) is 9.16. The third-order valence-corrected chi connectivity index (χ3v) is 4.79. The smallest absolute Gasteiger partial charge is 0.224 e. The average Bonchev–Trinajstić information content (AvgIpc) is 3.30. The molecule has 0 aliphatic carbocycles. The normalized spacial score (nSPS) is 11.0. The van der Waals surface area contributed by atoms with E-state index in [9.17, 15) is 4.79 Å². The summed E-state index contributed by atoms with van der Waals surface area (Å²) in [5.41, 5.74) is 4.20. The number of benzene rings is 2. The van der Waals surface area contributed by atoms with E-state index in [1.165, 1.54) is 16.5 Å². The number of carbonyl (C=O) groups excluding carboxylic acids is 1. The monoisotopic (exact) mass is 378 g/mol. The van der Waals surface area contributed by atoms with Gasteiger partial charge in [0.05, 0.1) is 11.9 Å². The van der Waals surface area contributed by atoms with Crippen LogP contribution in [0.2, 0.25) is 5.02 Å². The fourth-order valence-corrected chi connectivity index (χ4v) is 3.36. The Balaban J connectivity index is 1.52. The van der Waals surface area contributed by atoms with Crippen molar-refractivity contribution in [3.63, 3.8) is 0 Å². The van der Waals surface area contributed by atoms with Crippen molar-refractivity contribution in [3.8, 4) is 0 Å². The molecule has 4 rings (SSSR count). The van der Waals surface area contributed by atoms with Crippen molar-refractivity contribution in [2.24, 2.45) is 0 Å². The highest BCUT2D eigenvalue weighted by Crippen LogP contribution is 2.24. The van der Waals surface area contributed by atoms with E-state index in [0.29, 0.717) is 18.5 Å². The first kappa shape index (κ1) is 17.4. The van der Waals surface area contributed by atoms with Gasteiger partial charge in [-0.15, -0.1) is 0 Å². The Kier molecular flexibility index (Phi) is 4.94. The second-order valence-corrected chi connectivity index (χ2v) is 6.90. The number of amides is 1. The van der Waals surface area contributed by atoms with Crippen LogP contribution in [0.15, 0.2) is 67.1 Å². The van der Waals surface area contributed by atoms with Crippen molar-refractivity contribution in [2.75, 3.05) is 5.32 Å². The minimum absolute atomic E-state index is 0.0223. The lowest BCUT2D eigenvalue weighted by Crippen LogP contribution is -2.11. The quantitative estimate of drug-likeness (QED) is 0.513. The molecule has 0 saturated heterocycles. The number of hydrogen-bond donors (Lipinski definition) is 2. The van der Waals surface area contributed by atoms with Crippen LogP contribution in [-0.4, -0.2) is 20.7 Å². The molecule has 0 aliphatic rings. The van der Waals surface area contributed by atoms with Crippen molar-refractivity contribution in [2.45, 2.75) is 19.4 Å². The fraction of sp³-hybridized carbons (Fsp3) is 0.143. The first-order valence-electron chi connectivity index (χ1n) is 8.79. The number of rotatable bonds is 6. The van der Waals surface area contributed by atoms with Crippen LogP contribution in [-0.2, 0) is 17.8 Å². The summed E-state index contributed by atoms with van der Waals surface area (Å²) in [5, 5.41) is 11.3. The van der Waals surface area contributed by atoms with Gasteiger partial charge in [0.2, 0.25) is 5.91 Å². The van der Waals surface area contributed by atoms with Gasteiger partial charge < -0.3 is 9.88 Å². The van der Waals surface area contributed by atoms with E-state index < -0.39 is 0 Å². The predicted octanol–water partition coefficient (Wildman–Crippen LogP) is 4.64. The first-order chi connectivity index (χ1) is 13.2. The van der Waals surface area contributed by atoms with Gasteiger partial charge in [-0.3, -0.25) is 9.89 Å². The number of para-hydroxylation sites is 1. The Bertz CT molecular complexity index is 1050. The average molecular weight is 379 g/mol. The van der Waals surface area contributed by atoms with Crippen molar-refractivity contribution >= 4 is 34.1 Å². The van der Waals surface area contributed by atoms with E-state index in [0.717, 1.165) is 17.1 Å². The van der Waals surface area contributed by atoms with Gasteiger partial charge in [0.25, 0.3) is 0 Å². The summed E-state index contributed by atoms with van der Waals surface area (Å²) >= 11 is 5.98. The number of nitrogens with zero attached hydrogens (tertiary/aromatic N) is 2. The van der Waals surface area contributed by atoms with Crippen LogP contribution >= 0.6 is 11.6 Å². The molecular weight excluding hydrogens is 360 g/mol. The molecule has 2 aromatic carbocycles. The standard InChI is InChI=1S/C21H19ClN4O/c22-17-8-5-15(6-9-17)13-26-14-16(19-3-1-2-4-20(19)26)7-10-21(27)25-18-11-23-24-12-18/h1-6,8-9,11-12,14H,7,10,13H2,(H,23,24)(H,25,27). The number of aromatic amines is 1. The van der Waals surface area contributed by atoms with Crippen LogP contribution in [0.4, 0.5) is 5.69 Å². The molecule has 0 saturated carbocycles. The summed E-state index contributed by atoms with van der Waals surface area (Å²) in [7, 11) is 0. The molecular formula is C21H19ClN4O. The van der Waals surface area contributed by atoms with Gasteiger partial charge in [-0.2, -0.15) is 5.10 Å². The van der Waals surface area contributed by atoms with E-state index in [1.807, 2.05) is 36.4 Å². The third kappa shape index (κ3) is 4.04. The zero-order chi connectivity index (χ0) is 18.6. The van der Waals surface area contributed by atoms with Crippen LogP contribution in [0, 0.1) is 0 Å². The van der Waals surface area contributed by atoms with Gasteiger partial charge in [0.1, 0.15) is 0 Å². The van der Waals surface area contributed by atoms with Crippen LogP contribution < -0.4 is 5.32 Å². The van der Waals surface area contributed by atoms with Crippen molar-refractivity contribution < 1.29 is 4.79 Å². The fourth-order valence-electron chi connectivity index (χ4n) is 3.23. The molecule has 2 N–H and O–H groups in total. The molecule has 0 unspecified atom stereocenters. The van der Waals surface area contributed by atoms with E-state index in [4.69, 9.17) is 11.6 Å². The summed E-state index contributed by atoms with van der Waals surface area (Å²) in [6, 6.07) is 16.2. The Hall–Kier alpha value is -3.05. The second-order valence-electron chi connectivity index (χ2n) is 6.46. The summed E-state index contributed by atoms with van der Waals surface area (Å²) in [4.78, 5) is 12.2. The third-order valence-electron chi connectivity index (χ3n) is 4.54. The summed E-state index contributed by atoms with van der Waals surface area (Å²) in [5.74, 6) is -0.0223. The van der Waals surface area contributed by atoms with E-state index >= 15 is 0 Å². The van der Waals surface area contributed by atoms with Gasteiger partial charge >= 0.3 is 0 Å². The molecule has 2 aromatic heterocycles. The Morgan fingerprint density at radius 1 is 1.15 bits per heavy atom. The number of carbonyl (C=O) groups is 1. The summed E-state index contributed by atoms with van der Waals surface area (Å²) in [6.07, 6.45) is 6.49. The van der Waals surface area contributed by atoms with Crippen LogP contribution in [0.5, 0.6) is 0 Å². The van der Waals surface area contributed by atoms with Gasteiger partial charge in [-0.25, -0.2) is 0 Å². The van der Waals surface area contributed by atoms with Crippen LogP contribution in [0.25, 0.3) is 10.9 Å². The Morgan fingerprint density at radius 2 is 1.96 bits per heavy atom. The molecule has 4 aromatic rings. The Labute approximate surface area is 162 Å². The molecule has 0 bridgehead atoms. The Morgan fingerprint density at radius 3 is 2.74 bits per heavy atom. The van der Waals surface area contributed by atoms with Crippen molar-refractivity contribution in [1.82, 2.24) is 14.8 Å². The number of H-pyrrole nitrogens is 1. The highest BCUT2D eigenvalue weighted by atomic mass is 35.5. The van der Waals surface area contributed by atoms with Crippen LogP contribution in [0.1, 0.15) is 17.5 Å². The highest BCUT2D eigenvalue weighted by molar-refractivity contribution is 6.30. The summed E-state index contributed by atoms with van der Waals surface area (Å²) < 4.78 is 2.22. The number of hydrogen-bond acceptors (Lipinski definition) is 2. The molecule has 6 heteroatoms. The van der Waals surface area contributed by atoms with Gasteiger partial charge in [-0.1, -0.05) is 41.9 Å². The van der Waals surface area contributed by atoms with Gasteiger partial charge in [0.15, 0.2) is 0 Å². The zero-order valence-electron chi connectivity index (χ0n) is 14.7. The number of halogens is 1. The lowest BCUT2D eigenvalue weighted by molar-refractivity contribution is -0.116. The number of fused-ring (bicyclic) bond motifs is 1. The molecule has 1 amide bonds. The number of aryl methyl sites for hydroxylation is 1. The largest absolute Gasteiger partial charge is 0.343 e. The molecule has 0 aliphatic heterocycles. The highest BCUT2D eigenvalue weighted by Gasteiger charge is 2.11. The molecule has 0 radical (unpaired) electrons. The zero-order valence-corrected chi connectivity index (χ0v) is 15.4. The van der Waals surface area contributed by atoms with E-state index in [-0.39, 0.29) is 5.91 Å². The number of nitrogens with one attached hydrogen (secondary N) is 2. The van der Waals surface area contributed by atoms with E-state index in [2.05, 4.69) is 38.4 Å². The van der Waals surface area contributed by atoms with Crippen molar-refractivity contribution in [3.05, 3.63) is 83.3 Å². The number of anilines is 1. The predicted molar refractivity (Wildman–Crippen MR) is 108 cm³/mol.